The molecule has 1 N–H and O–H groups in total. The Morgan fingerprint density at radius 3 is 0.837 bits per heavy atom. The van der Waals surface area contributed by atoms with E-state index in [2.05, 4.69) is 21.2 Å². The minimum atomic E-state index is 0.373. The number of ether oxygens (including phenoxy) is 12. The zero-order chi connectivity index (χ0) is 30.6. The summed E-state index contributed by atoms with van der Waals surface area (Å²) >= 11 is 3.30. The molecule has 0 aromatic rings. The first-order valence-electron chi connectivity index (χ1n) is 15.7. The fourth-order valence-electron chi connectivity index (χ4n) is 3.59. The predicted molar refractivity (Wildman–Crippen MR) is 165 cm³/mol. The van der Waals surface area contributed by atoms with E-state index in [1.54, 1.807) is 0 Å². The lowest BCUT2D eigenvalue weighted by Gasteiger charge is -2.22. The van der Waals surface area contributed by atoms with Gasteiger partial charge in [-0.25, -0.2) is 0 Å². The lowest BCUT2D eigenvalue weighted by atomic mass is 10.1. The van der Waals surface area contributed by atoms with Crippen LogP contribution in [0.15, 0.2) is 0 Å². The highest BCUT2D eigenvalue weighted by molar-refractivity contribution is 9.09. The van der Waals surface area contributed by atoms with Crippen LogP contribution in [0.2, 0.25) is 0 Å². The van der Waals surface area contributed by atoms with Crippen LogP contribution in [0.3, 0.4) is 0 Å². The molecule has 1 aliphatic rings. The van der Waals surface area contributed by atoms with Gasteiger partial charge in [0.2, 0.25) is 0 Å². The molecule has 13 nitrogen and oxygen atoms in total. The van der Waals surface area contributed by atoms with Crippen molar-refractivity contribution in [1.29, 1.82) is 0 Å². The number of hydrogen-bond acceptors (Lipinski definition) is 13. The smallest absolute Gasteiger partial charge is 0.0704 e. The van der Waals surface area contributed by atoms with Crippen LogP contribution in [0.25, 0.3) is 0 Å². The summed E-state index contributed by atoms with van der Waals surface area (Å²) < 4.78 is 65.8. The standard InChI is InChI=1S/C29H58BrNO12/c30-3-6-32-7-8-33-9-10-34-11-12-35-13-14-36-15-16-37-17-18-38-19-20-39-21-22-40-23-24-41-25-26-42-27-28-43-29-1-4-31-5-2-29/h29,31H,1-28H2. The number of piperidine rings is 1. The van der Waals surface area contributed by atoms with Gasteiger partial charge in [-0.15, -0.1) is 0 Å². The van der Waals surface area contributed by atoms with Crippen LogP contribution in [0.4, 0.5) is 0 Å². The summed E-state index contributed by atoms with van der Waals surface area (Å²) in [5.74, 6) is 0. The SMILES string of the molecule is BrCCOCCOCCOCCOCCOCCOCCOCCOCCOCCOCCOCCOC1CCNCC1. The van der Waals surface area contributed by atoms with Crippen LogP contribution < -0.4 is 5.32 Å². The van der Waals surface area contributed by atoms with Crippen molar-refractivity contribution in [2.45, 2.75) is 18.9 Å². The van der Waals surface area contributed by atoms with Crippen LogP contribution in [-0.4, -0.2) is 176 Å². The van der Waals surface area contributed by atoms with Gasteiger partial charge >= 0.3 is 0 Å². The van der Waals surface area contributed by atoms with Crippen LogP contribution in [0.1, 0.15) is 12.8 Å². The van der Waals surface area contributed by atoms with Gasteiger partial charge < -0.3 is 62.2 Å². The molecule has 258 valence electrons. The second-order valence-corrected chi connectivity index (χ2v) is 10.0. The molecule has 43 heavy (non-hydrogen) atoms. The molecule has 1 aliphatic heterocycles. The number of nitrogens with one attached hydrogen (secondary N) is 1. The van der Waals surface area contributed by atoms with Gasteiger partial charge in [0, 0.05) is 5.33 Å². The lowest BCUT2D eigenvalue weighted by Crippen LogP contribution is -2.33. The molecule has 1 heterocycles. The quantitative estimate of drug-likeness (QED) is 0.0752. The van der Waals surface area contributed by atoms with E-state index < -0.39 is 0 Å². The molecule has 0 bridgehead atoms. The number of alkyl halides is 1. The Labute approximate surface area is 267 Å². The molecule has 0 radical (unpaired) electrons. The van der Waals surface area contributed by atoms with E-state index in [9.17, 15) is 0 Å². The third-order valence-corrected chi connectivity index (χ3v) is 6.13. The molecule has 0 spiro atoms. The molecular formula is C29H58BrNO12. The van der Waals surface area contributed by atoms with Gasteiger partial charge in [-0.1, -0.05) is 15.9 Å². The Morgan fingerprint density at radius 1 is 0.349 bits per heavy atom. The van der Waals surface area contributed by atoms with Crippen molar-refractivity contribution >= 4 is 15.9 Å². The molecule has 1 fully saturated rings. The van der Waals surface area contributed by atoms with E-state index >= 15 is 0 Å². The van der Waals surface area contributed by atoms with Crippen molar-refractivity contribution in [3.05, 3.63) is 0 Å². The van der Waals surface area contributed by atoms with Crippen molar-refractivity contribution in [1.82, 2.24) is 5.32 Å². The molecule has 0 aliphatic carbocycles. The predicted octanol–water partition coefficient (Wildman–Crippen LogP) is 1.33. The molecule has 0 aromatic heterocycles. The maximum atomic E-state index is 5.79. The maximum absolute atomic E-state index is 5.79. The fourth-order valence-corrected chi connectivity index (χ4v) is 3.82. The van der Waals surface area contributed by atoms with Gasteiger partial charge in [-0.2, -0.15) is 0 Å². The number of halogens is 1. The van der Waals surface area contributed by atoms with Crippen LogP contribution in [0, 0.1) is 0 Å². The summed E-state index contributed by atoms with van der Waals surface area (Å²) in [7, 11) is 0. The van der Waals surface area contributed by atoms with Crippen molar-refractivity contribution in [2.75, 3.05) is 170 Å². The molecule has 14 heteroatoms. The Morgan fingerprint density at radius 2 is 0.581 bits per heavy atom. The van der Waals surface area contributed by atoms with Gasteiger partial charge in [0.15, 0.2) is 0 Å². The topological polar surface area (TPSA) is 123 Å². The van der Waals surface area contributed by atoms with E-state index in [4.69, 9.17) is 56.8 Å². The highest BCUT2D eigenvalue weighted by Crippen LogP contribution is 2.06. The van der Waals surface area contributed by atoms with Crippen molar-refractivity contribution < 1.29 is 56.8 Å². The van der Waals surface area contributed by atoms with Crippen molar-refractivity contribution in [3.63, 3.8) is 0 Å². The first-order valence-corrected chi connectivity index (χ1v) is 16.8. The monoisotopic (exact) mass is 691 g/mol. The number of rotatable bonds is 36. The summed E-state index contributed by atoms with van der Waals surface area (Å²) in [6, 6.07) is 0. The van der Waals surface area contributed by atoms with E-state index in [1.807, 2.05) is 0 Å². The Balaban J connectivity index is 1.60. The lowest BCUT2D eigenvalue weighted by molar-refractivity contribution is -0.0326. The van der Waals surface area contributed by atoms with Crippen molar-refractivity contribution in [3.8, 4) is 0 Å². The second kappa shape index (κ2) is 36.4. The maximum Gasteiger partial charge on any atom is 0.0704 e. The summed E-state index contributed by atoms with van der Waals surface area (Å²) in [6.45, 7) is 14.8. The third-order valence-electron chi connectivity index (χ3n) is 5.81. The Hall–Kier alpha value is -0.0400. The highest BCUT2D eigenvalue weighted by Gasteiger charge is 2.12. The van der Waals surface area contributed by atoms with Gasteiger partial charge in [0.1, 0.15) is 0 Å². The molecule has 0 unspecified atom stereocenters. The Kier molecular flexibility index (Phi) is 34.7. The summed E-state index contributed by atoms with van der Waals surface area (Å²) in [6.07, 6.45) is 2.54. The fraction of sp³-hybridized carbons (Fsp3) is 1.00. The zero-order valence-corrected chi connectivity index (χ0v) is 27.7. The molecule has 0 saturated carbocycles. The van der Waals surface area contributed by atoms with E-state index in [-0.39, 0.29) is 0 Å². The second-order valence-electron chi connectivity index (χ2n) is 9.25. The van der Waals surface area contributed by atoms with Gasteiger partial charge in [0.25, 0.3) is 0 Å². The molecular weight excluding hydrogens is 634 g/mol. The first kappa shape index (κ1) is 41.0. The highest BCUT2D eigenvalue weighted by atomic mass is 79.9. The molecule has 0 atom stereocenters. The van der Waals surface area contributed by atoms with Crippen LogP contribution in [-0.2, 0) is 56.8 Å². The normalized spacial score (nSPS) is 14.2. The van der Waals surface area contributed by atoms with E-state index in [0.717, 1.165) is 31.3 Å². The van der Waals surface area contributed by atoms with Crippen LogP contribution >= 0.6 is 15.9 Å². The number of hydrogen-bond donors (Lipinski definition) is 1. The molecule has 0 aromatic carbocycles. The van der Waals surface area contributed by atoms with E-state index in [0.29, 0.717) is 158 Å². The Bertz CT molecular complexity index is 524. The van der Waals surface area contributed by atoms with Gasteiger partial charge in [0.05, 0.1) is 158 Å². The molecule has 0 amide bonds. The zero-order valence-electron chi connectivity index (χ0n) is 26.2. The summed E-state index contributed by atoms with van der Waals surface area (Å²) in [5.41, 5.74) is 0. The minimum absolute atomic E-state index is 0.373. The average molecular weight is 693 g/mol. The minimum Gasteiger partial charge on any atom is -0.378 e. The van der Waals surface area contributed by atoms with Gasteiger partial charge in [-0.3, -0.25) is 0 Å². The van der Waals surface area contributed by atoms with Crippen molar-refractivity contribution in [2.24, 2.45) is 0 Å². The van der Waals surface area contributed by atoms with Crippen LogP contribution in [0.5, 0.6) is 0 Å². The summed E-state index contributed by atoms with van der Waals surface area (Å²) in [4.78, 5) is 0. The van der Waals surface area contributed by atoms with Gasteiger partial charge in [-0.05, 0) is 25.9 Å². The molecule has 1 rings (SSSR count). The molecule has 1 saturated heterocycles. The summed E-state index contributed by atoms with van der Waals surface area (Å²) in [5, 5.41) is 4.17. The first-order chi connectivity index (χ1) is 21.4. The largest absolute Gasteiger partial charge is 0.378 e. The average Bonchev–Trinajstić information content (AvgIpc) is 3.03. The third kappa shape index (κ3) is 33.1. The van der Waals surface area contributed by atoms with E-state index in [1.165, 1.54) is 0 Å².